The molecular weight excluding hydrogens is 378 g/mol. The number of thiazole rings is 1. The van der Waals surface area contributed by atoms with E-state index >= 15 is 0 Å². The quantitative estimate of drug-likeness (QED) is 0.700. The van der Waals surface area contributed by atoms with E-state index in [1.165, 1.54) is 22.5 Å². The zero-order valence-electron chi connectivity index (χ0n) is 15.5. The molecule has 0 amide bonds. The summed E-state index contributed by atoms with van der Waals surface area (Å²) < 4.78 is 2.94. The maximum atomic E-state index is 12.9. The van der Waals surface area contributed by atoms with Gasteiger partial charge in [-0.05, 0) is 43.5 Å². The highest BCUT2D eigenvalue weighted by Crippen LogP contribution is 2.28. The lowest BCUT2D eigenvalue weighted by atomic mass is 10.1. The maximum Gasteiger partial charge on any atom is 0.309 e. The van der Waals surface area contributed by atoms with Gasteiger partial charge in [0.15, 0.2) is 0 Å². The molecule has 1 saturated heterocycles. The molecule has 0 spiro atoms. The number of hydrogen-bond donors (Lipinski definition) is 1. The Morgan fingerprint density at radius 3 is 2.63 bits per heavy atom. The van der Waals surface area contributed by atoms with Crippen molar-refractivity contribution in [1.82, 2.24) is 14.8 Å². The van der Waals surface area contributed by atoms with E-state index in [9.17, 15) is 4.79 Å². The van der Waals surface area contributed by atoms with E-state index in [1.807, 2.05) is 22.8 Å². The molecule has 6 heteroatoms. The first-order chi connectivity index (χ1) is 13.1. The Balaban J connectivity index is 1.68. The van der Waals surface area contributed by atoms with Crippen LogP contribution in [0.5, 0.6) is 0 Å². The van der Waals surface area contributed by atoms with Crippen LogP contribution in [-0.4, -0.2) is 35.6 Å². The van der Waals surface area contributed by atoms with Crippen LogP contribution in [0.25, 0.3) is 10.2 Å². The van der Waals surface area contributed by atoms with Crippen molar-refractivity contribution in [1.29, 1.82) is 0 Å². The molecule has 4 rings (SSSR count). The molecule has 1 N–H and O–H groups in total. The van der Waals surface area contributed by atoms with Gasteiger partial charge in [0.1, 0.15) is 0 Å². The predicted octanol–water partition coefficient (Wildman–Crippen LogP) is 4.06. The minimum absolute atomic E-state index is 0.0656. The van der Waals surface area contributed by atoms with Gasteiger partial charge in [0.05, 0.1) is 16.4 Å². The Hall–Kier alpha value is -1.66. The third-order valence-corrected chi connectivity index (χ3v) is 6.41. The van der Waals surface area contributed by atoms with Crippen molar-refractivity contribution in [2.75, 3.05) is 26.2 Å². The van der Waals surface area contributed by atoms with Crippen LogP contribution in [0.3, 0.4) is 0 Å². The molecule has 142 valence electrons. The molecule has 0 aliphatic carbocycles. The molecule has 1 aromatic heterocycles. The SMILES string of the molecule is Cc1ccc(CCC(N2CCNCC2)n2c(=O)sc3cc(Cl)ccc32)cc1. The summed E-state index contributed by atoms with van der Waals surface area (Å²) in [5, 5.41) is 4.09. The van der Waals surface area contributed by atoms with Gasteiger partial charge in [0, 0.05) is 31.2 Å². The first-order valence-corrected chi connectivity index (χ1v) is 10.6. The molecule has 1 unspecified atom stereocenters. The first-order valence-electron chi connectivity index (χ1n) is 9.43. The maximum absolute atomic E-state index is 12.9. The topological polar surface area (TPSA) is 37.3 Å². The van der Waals surface area contributed by atoms with Crippen molar-refractivity contribution in [3.8, 4) is 0 Å². The van der Waals surface area contributed by atoms with Gasteiger partial charge >= 0.3 is 4.87 Å². The number of nitrogens with zero attached hydrogens (tertiary/aromatic N) is 2. The number of fused-ring (bicyclic) bond motifs is 1. The lowest BCUT2D eigenvalue weighted by Gasteiger charge is -2.35. The van der Waals surface area contributed by atoms with Gasteiger partial charge < -0.3 is 5.32 Å². The van der Waals surface area contributed by atoms with Crippen molar-refractivity contribution in [3.63, 3.8) is 0 Å². The van der Waals surface area contributed by atoms with Crippen LogP contribution in [0.15, 0.2) is 47.3 Å². The molecule has 1 aliphatic heterocycles. The van der Waals surface area contributed by atoms with E-state index < -0.39 is 0 Å². The molecule has 4 nitrogen and oxygen atoms in total. The second kappa shape index (κ2) is 8.15. The van der Waals surface area contributed by atoms with Gasteiger partial charge in [0.2, 0.25) is 0 Å². The molecule has 0 saturated carbocycles. The number of aryl methyl sites for hydroxylation is 2. The molecule has 2 aromatic carbocycles. The molecule has 2 heterocycles. The fourth-order valence-electron chi connectivity index (χ4n) is 3.80. The van der Waals surface area contributed by atoms with Crippen LogP contribution < -0.4 is 10.2 Å². The summed E-state index contributed by atoms with van der Waals surface area (Å²) in [6, 6.07) is 14.5. The zero-order valence-corrected chi connectivity index (χ0v) is 17.0. The predicted molar refractivity (Wildman–Crippen MR) is 114 cm³/mol. The summed E-state index contributed by atoms with van der Waals surface area (Å²) in [4.78, 5) is 15.4. The van der Waals surface area contributed by atoms with Crippen LogP contribution in [-0.2, 0) is 6.42 Å². The molecule has 1 aliphatic rings. The van der Waals surface area contributed by atoms with Gasteiger partial charge in [-0.2, -0.15) is 0 Å². The lowest BCUT2D eigenvalue weighted by molar-refractivity contribution is 0.115. The third-order valence-electron chi connectivity index (χ3n) is 5.26. The summed E-state index contributed by atoms with van der Waals surface area (Å²) in [7, 11) is 0. The lowest BCUT2D eigenvalue weighted by Crippen LogP contribution is -2.48. The zero-order chi connectivity index (χ0) is 18.8. The fourth-order valence-corrected chi connectivity index (χ4v) is 5.00. The molecule has 0 radical (unpaired) electrons. The van der Waals surface area contributed by atoms with Gasteiger partial charge in [0.25, 0.3) is 0 Å². The van der Waals surface area contributed by atoms with E-state index in [0.717, 1.165) is 49.2 Å². The van der Waals surface area contributed by atoms with Gasteiger partial charge in [-0.1, -0.05) is 52.8 Å². The Bertz CT molecular complexity index is 973. The largest absolute Gasteiger partial charge is 0.314 e. The highest BCUT2D eigenvalue weighted by Gasteiger charge is 2.25. The first kappa shape index (κ1) is 18.7. The second-order valence-corrected chi connectivity index (χ2v) is 8.57. The number of halogens is 1. The van der Waals surface area contributed by atoms with Crippen molar-refractivity contribution < 1.29 is 0 Å². The number of benzene rings is 2. The average molecular weight is 402 g/mol. The molecular formula is C21H24ClN3OS. The Labute approximate surface area is 168 Å². The highest BCUT2D eigenvalue weighted by atomic mass is 35.5. The van der Waals surface area contributed by atoms with Crippen molar-refractivity contribution >= 4 is 33.2 Å². The molecule has 27 heavy (non-hydrogen) atoms. The van der Waals surface area contributed by atoms with E-state index in [2.05, 4.69) is 41.4 Å². The summed E-state index contributed by atoms with van der Waals surface area (Å²) in [6.07, 6.45) is 1.93. The Kier molecular flexibility index (Phi) is 5.64. The normalized spacial score (nSPS) is 16.7. The Morgan fingerprint density at radius 1 is 1.15 bits per heavy atom. The minimum atomic E-state index is 0.0656. The van der Waals surface area contributed by atoms with E-state index in [0.29, 0.717) is 5.02 Å². The standard InChI is InChI=1S/C21H24ClN3OS/c1-15-2-4-16(5-3-15)6-9-20(24-12-10-23-11-13-24)25-18-8-7-17(22)14-19(18)27-21(25)26/h2-5,7-8,14,20,23H,6,9-13H2,1H3. The molecule has 0 bridgehead atoms. The Morgan fingerprint density at radius 2 is 1.89 bits per heavy atom. The minimum Gasteiger partial charge on any atom is -0.314 e. The van der Waals surface area contributed by atoms with Gasteiger partial charge in [-0.15, -0.1) is 0 Å². The van der Waals surface area contributed by atoms with Crippen LogP contribution in [0.4, 0.5) is 0 Å². The number of rotatable bonds is 5. The number of piperazine rings is 1. The van der Waals surface area contributed by atoms with Gasteiger partial charge in [-0.25, -0.2) is 0 Å². The van der Waals surface area contributed by atoms with E-state index in [1.54, 1.807) is 0 Å². The summed E-state index contributed by atoms with van der Waals surface area (Å²) in [5.41, 5.74) is 3.58. The number of nitrogens with one attached hydrogen (secondary N) is 1. The van der Waals surface area contributed by atoms with Crippen molar-refractivity contribution in [2.24, 2.45) is 0 Å². The number of hydrogen-bond acceptors (Lipinski definition) is 4. The van der Waals surface area contributed by atoms with E-state index in [4.69, 9.17) is 11.6 Å². The van der Waals surface area contributed by atoms with Crippen LogP contribution in [0, 0.1) is 6.92 Å². The van der Waals surface area contributed by atoms with Crippen LogP contribution in [0.1, 0.15) is 23.7 Å². The van der Waals surface area contributed by atoms with Crippen LogP contribution in [0.2, 0.25) is 5.02 Å². The molecule has 1 fully saturated rings. The van der Waals surface area contributed by atoms with E-state index in [-0.39, 0.29) is 11.0 Å². The molecule has 3 aromatic rings. The average Bonchev–Trinajstić information content (AvgIpc) is 2.99. The smallest absolute Gasteiger partial charge is 0.309 e. The third kappa shape index (κ3) is 4.11. The van der Waals surface area contributed by atoms with Gasteiger partial charge in [-0.3, -0.25) is 14.3 Å². The highest BCUT2D eigenvalue weighted by molar-refractivity contribution is 7.16. The number of aromatic nitrogens is 1. The molecule has 1 atom stereocenters. The summed E-state index contributed by atoms with van der Waals surface area (Å²) >= 11 is 7.43. The monoisotopic (exact) mass is 401 g/mol. The van der Waals surface area contributed by atoms with Crippen molar-refractivity contribution in [2.45, 2.75) is 25.9 Å². The second-order valence-electron chi connectivity index (χ2n) is 7.14. The summed E-state index contributed by atoms with van der Waals surface area (Å²) in [5.74, 6) is 0. The summed E-state index contributed by atoms with van der Waals surface area (Å²) in [6.45, 7) is 5.94. The van der Waals surface area contributed by atoms with Crippen LogP contribution >= 0.6 is 22.9 Å². The van der Waals surface area contributed by atoms with Crippen molar-refractivity contribution in [3.05, 3.63) is 68.3 Å². The fraction of sp³-hybridized carbons (Fsp3) is 0.381.